The number of benzene rings is 2. The topological polar surface area (TPSA) is 67.9 Å². The number of carbonyl (C=O) groups excluding carboxylic acids is 2. The van der Waals surface area contributed by atoms with E-state index >= 15 is 0 Å². The van der Waals surface area contributed by atoms with Gasteiger partial charge in [0.15, 0.2) is 0 Å². The largest absolute Gasteiger partial charge is 0.458 e. The summed E-state index contributed by atoms with van der Waals surface area (Å²) >= 11 is 0. The van der Waals surface area contributed by atoms with Crippen molar-refractivity contribution in [2.45, 2.75) is 39.0 Å². The van der Waals surface area contributed by atoms with Crippen molar-refractivity contribution in [1.82, 2.24) is 10.2 Å². The SMILES string of the molecule is CC(C)(C)OC(=O)[C@H]1CN(Cc2ccc(Oc3ccc(F)cc3)cc2)C(=O)N1. The number of nitrogens with zero attached hydrogens (tertiary/aromatic N) is 1. The van der Waals surface area contributed by atoms with Gasteiger partial charge in [0, 0.05) is 6.54 Å². The Bertz CT molecular complexity index is 844. The van der Waals surface area contributed by atoms with Gasteiger partial charge in [0.1, 0.15) is 29.0 Å². The van der Waals surface area contributed by atoms with Gasteiger partial charge >= 0.3 is 12.0 Å². The summed E-state index contributed by atoms with van der Waals surface area (Å²) < 4.78 is 23.9. The molecular weight excluding hydrogens is 363 g/mol. The molecule has 1 atom stereocenters. The van der Waals surface area contributed by atoms with Crippen LogP contribution >= 0.6 is 0 Å². The number of hydrogen-bond donors (Lipinski definition) is 1. The highest BCUT2D eigenvalue weighted by atomic mass is 19.1. The number of hydrogen-bond acceptors (Lipinski definition) is 4. The van der Waals surface area contributed by atoms with Crippen molar-refractivity contribution in [2.24, 2.45) is 0 Å². The second kappa shape index (κ2) is 7.88. The van der Waals surface area contributed by atoms with Gasteiger partial charge in [0.2, 0.25) is 0 Å². The fourth-order valence-electron chi connectivity index (χ4n) is 2.75. The molecule has 1 saturated heterocycles. The van der Waals surface area contributed by atoms with E-state index < -0.39 is 17.6 Å². The molecule has 2 amide bonds. The zero-order valence-corrected chi connectivity index (χ0v) is 16.1. The molecule has 0 unspecified atom stereocenters. The summed E-state index contributed by atoms with van der Waals surface area (Å²) in [4.78, 5) is 25.8. The van der Waals surface area contributed by atoms with Crippen LogP contribution in [0.15, 0.2) is 48.5 Å². The third-order valence-electron chi connectivity index (χ3n) is 4.03. The van der Waals surface area contributed by atoms with E-state index in [1.807, 2.05) is 12.1 Å². The van der Waals surface area contributed by atoms with Crippen molar-refractivity contribution < 1.29 is 23.5 Å². The standard InChI is InChI=1S/C21H23FN2O4/c1-21(2,3)28-19(25)18-13-24(20(26)23-18)12-14-4-8-16(9-5-14)27-17-10-6-15(22)7-11-17/h4-11,18H,12-13H2,1-3H3,(H,23,26)/t18-/m1/s1. The van der Waals surface area contributed by atoms with E-state index in [2.05, 4.69) is 5.32 Å². The number of esters is 1. The normalized spacial score (nSPS) is 16.6. The zero-order valence-electron chi connectivity index (χ0n) is 16.1. The molecule has 0 spiro atoms. The Morgan fingerprint density at radius 3 is 2.25 bits per heavy atom. The first kappa shape index (κ1) is 19.7. The molecule has 1 heterocycles. The number of ether oxygens (including phenoxy) is 2. The second-order valence-electron chi connectivity index (χ2n) is 7.62. The number of nitrogens with one attached hydrogen (secondary N) is 1. The van der Waals surface area contributed by atoms with E-state index in [9.17, 15) is 14.0 Å². The minimum atomic E-state index is -0.673. The van der Waals surface area contributed by atoms with Crippen LogP contribution in [0.3, 0.4) is 0 Å². The minimum absolute atomic E-state index is 0.252. The monoisotopic (exact) mass is 386 g/mol. The first-order chi connectivity index (χ1) is 13.2. The molecule has 28 heavy (non-hydrogen) atoms. The Labute approximate surface area is 163 Å². The smallest absolute Gasteiger partial charge is 0.331 e. The van der Waals surface area contributed by atoms with Crippen LogP contribution in [0.1, 0.15) is 26.3 Å². The number of rotatable bonds is 5. The first-order valence-corrected chi connectivity index (χ1v) is 9.00. The predicted octanol–water partition coefficient (Wildman–Crippen LogP) is 3.85. The Morgan fingerprint density at radius 2 is 1.68 bits per heavy atom. The molecule has 1 fully saturated rings. The fourth-order valence-corrected chi connectivity index (χ4v) is 2.75. The Morgan fingerprint density at radius 1 is 1.11 bits per heavy atom. The summed E-state index contributed by atoms with van der Waals surface area (Å²) in [5.74, 6) is 0.379. The van der Waals surface area contributed by atoms with Gasteiger partial charge in [0.05, 0.1) is 6.54 Å². The third kappa shape index (κ3) is 5.22. The highest BCUT2D eigenvalue weighted by Crippen LogP contribution is 2.23. The highest BCUT2D eigenvalue weighted by molar-refractivity contribution is 5.87. The van der Waals surface area contributed by atoms with Crippen molar-refractivity contribution >= 4 is 12.0 Å². The number of amides is 2. The van der Waals surface area contributed by atoms with Gasteiger partial charge in [-0.25, -0.2) is 14.0 Å². The molecule has 3 rings (SSSR count). The van der Waals surface area contributed by atoms with Crippen LogP contribution in [-0.2, 0) is 16.1 Å². The molecule has 0 saturated carbocycles. The summed E-state index contributed by atoms with van der Waals surface area (Å²) in [6.45, 7) is 5.97. The van der Waals surface area contributed by atoms with Crippen LogP contribution < -0.4 is 10.1 Å². The average molecular weight is 386 g/mol. The summed E-state index contributed by atoms with van der Waals surface area (Å²) in [6, 6.07) is 12.0. The molecule has 7 heteroatoms. The van der Waals surface area contributed by atoms with Gasteiger partial charge in [-0.15, -0.1) is 0 Å². The molecule has 1 aliphatic heterocycles. The van der Waals surface area contributed by atoms with E-state index in [0.29, 0.717) is 18.0 Å². The summed E-state index contributed by atoms with van der Waals surface area (Å²) in [7, 11) is 0. The molecule has 1 N–H and O–H groups in total. The van der Waals surface area contributed by atoms with Crippen LogP contribution in [0.25, 0.3) is 0 Å². The Hall–Kier alpha value is -3.09. The van der Waals surface area contributed by atoms with Crippen molar-refractivity contribution in [3.8, 4) is 11.5 Å². The molecule has 2 aromatic carbocycles. The van der Waals surface area contributed by atoms with Gasteiger partial charge in [-0.2, -0.15) is 0 Å². The van der Waals surface area contributed by atoms with Crippen molar-refractivity contribution in [2.75, 3.05) is 6.54 Å². The van der Waals surface area contributed by atoms with Crippen molar-refractivity contribution in [1.29, 1.82) is 0 Å². The zero-order chi connectivity index (χ0) is 20.3. The minimum Gasteiger partial charge on any atom is -0.458 e. The Balaban J connectivity index is 1.57. The lowest BCUT2D eigenvalue weighted by atomic mass is 10.2. The Kier molecular flexibility index (Phi) is 5.53. The maximum atomic E-state index is 12.9. The molecule has 148 valence electrons. The van der Waals surface area contributed by atoms with Crippen LogP contribution in [0.2, 0.25) is 0 Å². The van der Waals surface area contributed by atoms with Crippen molar-refractivity contribution in [3.05, 3.63) is 59.9 Å². The van der Waals surface area contributed by atoms with Crippen molar-refractivity contribution in [3.63, 3.8) is 0 Å². The van der Waals surface area contributed by atoms with Crippen LogP contribution in [0, 0.1) is 5.82 Å². The maximum Gasteiger partial charge on any atom is 0.331 e. The van der Waals surface area contributed by atoms with E-state index in [1.54, 1.807) is 49.9 Å². The second-order valence-corrected chi connectivity index (χ2v) is 7.62. The van der Waals surface area contributed by atoms with E-state index in [1.165, 1.54) is 12.1 Å². The van der Waals surface area contributed by atoms with Gasteiger partial charge in [-0.3, -0.25) is 0 Å². The molecule has 0 aromatic heterocycles. The number of halogens is 1. The molecule has 1 aliphatic rings. The van der Waals surface area contributed by atoms with E-state index in [-0.39, 0.29) is 18.4 Å². The van der Waals surface area contributed by atoms with Gasteiger partial charge in [-0.1, -0.05) is 12.1 Å². The van der Waals surface area contributed by atoms with Crippen LogP contribution in [-0.4, -0.2) is 35.1 Å². The van der Waals surface area contributed by atoms with Gasteiger partial charge in [-0.05, 0) is 62.7 Å². The maximum absolute atomic E-state index is 12.9. The summed E-state index contributed by atoms with van der Waals surface area (Å²) in [5, 5.41) is 2.65. The molecule has 0 aliphatic carbocycles. The predicted molar refractivity (Wildman–Crippen MR) is 101 cm³/mol. The molecule has 2 aromatic rings. The quantitative estimate of drug-likeness (QED) is 0.793. The fraction of sp³-hybridized carbons (Fsp3) is 0.333. The highest BCUT2D eigenvalue weighted by Gasteiger charge is 2.36. The lowest BCUT2D eigenvalue weighted by molar-refractivity contribution is -0.156. The van der Waals surface area contributed by atoms with E-state index in [0.717, 1.165) is 5.56 Å². The molecule has 0 radical (unpaired) electrons. The lowest BCUT2D eigenvalue weighted by Crippen LogP contribution is -2.39. The third-order valence-corrected chi connectivity index (χ3v) is 4.03. The molecular formula is C21H23FN2O4. The number of carbonyl (C=O) groups is 2. The summed E-state index contributed by atoms with van der Waals surface area (Å²) in [6.07, 6.45) is 0. The summed E-state index contributed by atoms with van der Waals surface area (Å²) in [5.41, 5.74) is 0.293. The van der Waals surface area contributed by atoms with Gasteiger partial charge in [0.25, 0.3) is 0 Å². The first-order valence-electron chi connectivity index (χ1n) is 9.00. The molecule has 0 bridgehead atoms. The number of urea groups is 1. The lowest BCUT2D eigenvalue weighted by Gasteiger charge is -2.21. The van der Waals surface area contributed by atoms with Crippen LogP contribution in [0.5, 0.6) is 11.5 Å². The van der Waals surface area contributed by atoms with Gasteiger partial charge < -0.3 is 19.7 Å². The molecule has 6 nitrogen and oxygen atoms in total. The van der Waals surface area contributed by atoms with Crippen LogP contribution in [0.4, 0.5) is 9.18 Å². The average Bonchev–Trinajstić information content (AvgIpc) is 2.98. The van der Waals surface area contributed by atoms with E-state index in [4.69, 9.17) is 9.47 Å².